The number of aromatic nitrogens is 3. The molecule has 1 fully saturated rings. The molecule has 1 atom stereocenters. The van der Waals surface area contributed by atoms with Crippen LogP contribution in [0, 0.1) is 5.92 Å². The first-order chi connectivity index (χ1) is 16.3. The van der Waals surface area contributed by atoms with Gasteiger partial charge in [0.15, 0.2) is 11.4 Å². The molecule has 2 amide bonds. The van der Waals surface area contributed by atoms with Crippen LogP contribution in [0.4, 0.5) is 4.79 Å². The van der Waals surface area contributed by atoms with Crippen LogP contribution in [0.3, 0.4) is 0 Å². The van der Waals surface area contributed by atoms with Gasteiger partial charge in [0.05, 0.1) is 11.7 Å². The lowest BCUT2D eigenvalue weighted by molar-refractivity contribution is -0.00803. The molecular formula is C26H39N5O4. The topological polar surface area (TPSA) is 102 Å². The minimum Gasteiger partial charge on any atom is -0.444 e. The van der Waals surface area contributed by atoms with Crippen molar-refractivity contribution < 1.29 is 18.7 Å². The van der Waals surface area contributed by atoms with E-state index in [1.54, 1.807) is 22.1 Å². The summed E-state index contributed by atoms with van der Waals surface area (Å²) in [5, 5.41) is 8.61. The fourth-order valence-electron chi connectivity index (χ4n) is 4.05. The van der Waals surface area contributed by atoms with Crippen LogP contribution in [0.5, 0.6) is 0 Å². The van der Waals surface area contributed by atoms with Gasteiger partial charge in [0.2, 0.25) is 5.89 Å². The summed E-state index contributed by atoms with van der Waals surface area (Å²) in [5.41, 5.74) is 1.96. The normalized spacial score (nSPS) is 17.0. The smallest absolute Gasteiger partial charge is 0.410 e. The van der Waals surface area contributed by atoms with Crippen molar-refractivity contribution in [1.82, 2.24) is 25.0 Å². The lowest BCUT2D eigenvalue weighted by Gasteiger charge is -2.43. The van der Waals surface area contributed by atoms with Crippen LogP contribution >= 0.6 is 0 Å². The fraction of sp³-hybridized carbons (Fsp3) is 0.654. The second-order valence-corrected chi connectivity index (χ2v) is 11.2. The second kappa shape index (κ2) is 10.3. The Balaban J connectivity index is 1.83. The van der Waals surface area contributed by atoms with E-state index in [2.05, 4.69) is 15.2 Å². The molecule has 3 heterocycles. The molecule has 1 unspecified atom stereocenters. The van der Waals surface area contributed by atoms with Crippen LogP contribution in [-0.2, 0) is 4.74 Å². The van der Waals surface area contributed by atoms with Crippen molar-refractivity contribution >= 4 is 12.0 Å². The van der Waals surface area contributed by atoms with Crippen LogP contribution in [-0.4, -0.2) is 68.3 Å². The molecule has 9 heteroatoms. The fourth-order valence-corrected chi connectivity index (χ4v) is 4.05. The van der Waals surface area contributed by atoms with E-state index in [4.69, 9.17) is 9.15 Å². The van der Waals surface area contributed by atoms with Gasteiger partial charge in [-0.15, -0.1) is 10.2 Å². The van der Waals surface area contributed by atoms with Crippen molar-refractivity contribution in [2.45, 2.75) is 85.8 Å². The van der Waals surface area contributed by atoms with Crippen molar-refractivity contribution in [2.75, 3.05) is 19.6 Å². The first-order valence-electron chi connectivity index (χ1n) is 12.4. The molecule has 0 N–H and O–H groups in total. The molecule has 35 heavy (non-hydrogen) atoms. The summed E-state index contributed by atoms with van der Waals surface area (Å²) in [6.45, 7) is 19.0. The van der Waals surface area contributed by atoms with Gasteiger partial charge in [-0.1, -0.05) is 41.5 Å². The van der Waals surface area contributed by atoms with Crippen molar-refractivity contribution in [3.05, 3.63) is 29.3 Å². The van der Waals surface area contributed by atoms with E-state index in [0.29, 0.717) is 31.2 Å². The van der Waals surface area contributed by atoms with Crippen LogP contribution in [0.15, 0.2) is 16.7 Å². The molecule has 1 aliphatic rings. The molecule has 2 aromatic rings. The molecule has 3 rings (SSSR count). The van der Waals surface area contributed by atoms with Crippen LogP contribution in [0.2, 0.25) is 0 Å². The molecule has 0 aliphatic carbocycles. The first kappa shape index (κ1) is 26.6. The summed E-state index contributed by atoms with van der Waals surface area (Å²) < 4.78 is 11.3. The Labute approximate surface area is 208 Å². The number of carbonyl (C=O) groups is 2. The molecule has 0 spiro atoms. The molecule has 0 saturated carbocycles. The van der Waals surface area contributed by atoms with Crippen molar-refractivity contribution in [1.29, 1.82) is 0 Å². The van der Waals surface area contributed by atoms with Gasteiger partial charge >= 0.3 is 6.09 Å². The monoisotopic (exact) mass is 485 g/mol. The highest BCUT2D eigenvalue weighted by Gasteiger charge is 2.37. The standard InChI is InChI=1S/C26H39N5O4/c1-15(2)18-12-19(28-29-22(18)23-27-20(14-34-23)16(3)4)24(32)30-10-11-31(21(13-30)17(5)6)25(33)35-26(7,8)9/h12,14-17,21H,10-11,13H2,1-9H3. The average molecular weight is 486 g/mol. The number of hydrogen-bond acceptors (Lipinski definition) is 7. The number of hydrogen-bond donors (Lipinski definition) is 0. The summed E-state index contributed by atoms with van der Waals surface area (Å²) in [6, 6.07) is 1.64. The van der Waals surface area contributed by atoms with Crippen molar-refractivity contribution in [3.63, 3.8) is 0 Å². The van der Waals surface area contributed by atoms with Gasteiger partial charge in [-0.05, 0) is 50.2 Å². The Bertz CT molecular complexity index is 1050. The van der Waals surface area contributed by atoms with Crippen molar-refractivity contribution in [2.24, 2.45) is 5.92 Å². The Morgan fingerprint density at radius 2 is 1.74 bits per heavy atom. The Kier molecular flexibility index (Phi) is 7.87. The lowest BCUT2D eigenvalue weighted by Crippen LogP contribution is -2.59. The van der Waals surface area contributed by atoms with E-state index in [-0.39, 0.29) is 41.5 Å². The molecule has 9 nitrogen and oxygen atoms in total. The number of nitrogens with zero attached hydrogens (tertiary/aromatic N) is 5. The zero-order valence-electron chi connectivity index (χ0n) is 22.5. The minimum atomic E-state index is -0.574. The van der Waals surface area contributed by atoms with Gasteiger partial charge < -0.3 is 19.0 Å². The molecule has 2 aromatic heterocycles. The summed E-state index contributed by atoms with van der Waals surface area (Å²) >= 11 is 0. The first-order valence-corrected chi connectivity index (χ1v) is 12.4. The summed E-state index contributed by atoms with van der Waals surface area (Å²) in [4.78, 5) is 34.3. The largest absolute Gasteiger partial charge is 0.444 e. The van der Waals surface area contributed by atoms with E-state index >= 15 is 0 Å². The van der Waals surface area contributed by atoms with Gasteiger partial charge in [0.25, 0.3) is 5.91 Å². The molecule has 1 saturated heterocycles. The highest BCUT2D eigenvalue weighted by atomic mass is 16.6. The molecule has 0 radical (unpaired) electrons. The Morgan fingerprint density at radius 3 is 2.29 bits per heavy atom. The number of carbonyl (C=O) groups excluding carboxylic acids is 2. The molecule has 1 aliphatic heterocycles. The predicted octanol–water partition coefficient (Wildman–Crippen LogP) is 5.10. The van der Waals surface area contributed by atoms with Crippen LogP contribution in [0.25, 0.3) is 11.6 Å². The zero-order chi connectivity index (χ0) is 26.1. The number of ether oxygens (including phenoxy) is 1. The Hall–Kier alpha value is -2.97. The summed E-state index contributed by atoms with van der Waals surface area (Å²) in [7, 11) is 0. The van der Waals surface area contributed by atoms with Gasteiger partial charge in [0, 0.05) is 19.6 Å². The summed E-state index contributed by atoms with van der Waals surface area (Å²) in [5.74, 6) is 0.689. The minimum absolute atomic E-state index is 0.0916. The van der Waals surface area contributed by atoms with E-state index in [0.717, 1.165) is 11.3 Å². The zero-order valence-corrected chi connectivity index (χ0v) is 22.5. The number of rotatable bonds is 5. The summed E-state index contributed by atoms with van der Waals surface area (Å²) in [6.07, 6.45) is 1.29. The number of oxazole rings is 1. The van der Waals surface area contributed by atoms with E-state index in [9.17, 15) is 9.59 Å². The molecular weight excluding hydrogens is 446 g/mol. The molecule has 0 aromatic carbocycles. The van der Waals surface area contributed by atoms with Crippen LogP contribution in [0.1, 0.15) is 95.9 Å². The molecule has 192 valence electrons. The number of amides is 2. The van der Waals surface area contributed by atoms with E-state index < -0.39 is 5.60 Å². The van der Waals surface area contributed by atoms with Gasteiger partial charge in [-0.25, -0.2) is 9.78 Å². The predicted molar refractivity (Wildman–Crippen MR) is 133 cm³/mol. The third-order valence-electron chi connectivity index (χ3n) is 6.08. The number of piperazine rings is 1. The SMILES string of the molecule is CC(C)c1coc(-c2nnc(C(=O)N3CCN(C(=O)OC(C)(C)C)C(C(C)C)C3)cc2C(C)C)n1. The lowest BCUT2D eigenvalue weighted by atomic mass is 9.98. The van der Waals surface area contributed by atoms with Gasteiger partial charge in [0.1, 0.15) is 11.9 Å². The second-order valence-electron chi connectivity index (χ2n) is 11.2. The maximum atomic E-state index is 13.4. The van der Waals surface area contributed by atoms with Crippen LogP contribution < -0.4 is 0 Å². The maximum absolute atomic E-state index is 13.4. The maximum Gasteiger partial charge on any atom is 0.410 e. The Morgan fingerprint density at radius 1 is 1.06 bits per heavy atom. The van der Waals surface area contributed by atoms with E-state index in [1.165, 1.54) is 0 Å². The van der Waals surface area contributed by atoms with Gasteiger partial charge in [-0.3, -0.25) is 4.79 Å². The highest BCUT2D eigenvalue weighted by molar-refractivity contribution is 5.93. The third-order valence-corrected chi connectivity index (χ3v) is 6.08. The highest BCUT2D eigenvalue weighted by Crippen LogP contribution is 2.29. The van der Waals surface area contributed by atoms with E-state index in [1.807, 2.05) is 62.3 Å². The third kappa shape index (κ3) is 6.18. The average Bonchev–Trinajstić information content (AvgIpc) is 3.27. The van der Waals surface area contributed by atoms with Crippen molar-refractivity contribution in [3.8, 4) is 11.6 Å². The van der Waals surface area contributed by atoms with Gasteiger partial charge in [-0.2, -0.15) is 0 Å². The quantitative estimate of drug-likeness (QED) is 0.581. The molecule has 0 bridgehead atoms.